The minimum absolute atomic E-state index is 0.0136. The highest BCUT2D eigenvalue weighted by molar-refractivity contribution is 7.92. The van der Waals surface area contributed by atoms with Gasteiger partial charge < -0.3 is 4.74 Å². The zero-order valence-electron chi connectivity index (χ0n) is 12.1. The van der Waals surface area contributed by atoms with Gasteiger partial charge in [0.1, 0.15) is 0 Å². The molecule has 0 radical (unpaired) electrons. The highest BCUT2D eigenvalue weighted by Gasteiger charge is 2.47. The first-order valence-corrected chi connectivity index (χ1v) is 10.7. The summed E-state index contributed by atoms with van der Waals surface area (Å²) in [5, 5.41) is 0. The molecule has 8 heteroatoms. The van der Waals surface area contributed by atoms with Crippen LogP contribution in [0.25, 0.3) is 0 Å². The van der Waals surface area contributed by atoms with Gasteiger partial charge in [0.25, 0.3) is 0 Å². The van der Waals surface area contributed by atoms with Crippen molar-refractivity contribution in [2.75, 3.05) is 30.4 Å². The van der Waals surface area contributed by atoms with Crippen LogP contribution in [0.15, 0.2) is 30.3 Å². The number of aryl methyl sites for hydroxylation is 1. The van der Waals surface area contributed by atoms with Crippen molar-refractivity contribution in [2.24, 2.45) is 0 Å². The molecule has 0 bridgehead atoms. The van der Waals surface area contributed by atoms with Gasteiger partial charge in [-0.3, -0.25) is 0 Å². The predicted octanol–water partition coefficient (Wildman–Crippen LogP) is 0.0567. The second-order valence-corrected chi connectivity index (χ2v) is 9.91. The number of fused-ring (bicyclic) bond motifs is 1. The van der Waals surface area contributed by atoms with Crippen molar-refractivity contribution < 1.29 is 21.6 Å². The van der Waals surface area contributed by atoms with Gasteiger partial charge in [-0.1, -0.05) is 30.3 Å². The Morgan fingerprint density at radius 1 is 1.18 bits per heavy atom. The van der Waals surface area contributed by atoms with Gasteiger partial charge in [-0.15, -0.1) is 0 Å². The number of hydrogen-bond donors (Lipinski definition) is 0. The van der Waals surface area contributed by atoms with Crippen LogP contribution in [0.3, 0.4) is 0 Å². The van der Waals surface area contributed by atoms with Crippen molar-refractivity contribution in [1.82, 2.24) is 4.31 Å². The highest BCUT2D eigenvalue weighted by Crippen LogP contribution is 2.27. The summed E-state index contributed by atoms with van der Waals surface area (Å²) in [6.07, 6.45) is -0.102. The van der Waals surface area contributed by atoms with Crippen LogP contribution < -0.4 is 0 Å². The molecule has 2 fully saturated rings. The van der Waals surface area contributed by atoms with Gasteiger partial charge in [0.05, 0.1) is 36.0 Å². The van der Waals surface area contributed by atoms with E-state index in [-0.39, 0.29) is 30.4 Å². The van der Waals surface area contributed by atoms with E-state index in [0.29, 0.717) is 6.42 Å². The van der Waals surface area contributed by atoms with Gasteiger partial charge in [-0.25, -0.2) is 16.8 Å². The summed E-state index contributed by atoms with van der Waals surface area (Å²) in [5.74, 6) is -0.231. The molecule has 0 N–H and O–H groups in total. The number of sulfonamides is 1. The molecule has 0 aliphatic carbocycles. The van der Waals surface area contributed by atoms with Crippen LogP contribution in [0.4, 0.5) is 0 Å². The summed E-state index contributed by atoms with van der Waals surface area (Å²) in [6.45, 7) is 0.481. The van der Waals surface area contributed by atoms with Gasteiger partial charge in [0.15, 0.2) is 9.84 Å². The molecule has 2 saturated heterocycles. The zero-order chi connectivity index (χ0) is 15.8. The molecular weight excluding hydrogens is 326 g/mol. The molecule has 122 valence electrons. The lowest BCUT2D eigenvalue weighted by Crippen LogP contribution is -2.53. The summed E-state index contributed by atoms with van der Waals surface area (Å²) in [4.78, 5) is 0. The minimum atomic E-state index is -3.50. The zero-order valence-corrected chi connectivity index (χ0v) is 13.7. The summed E-state index contributed by atoms with van der Waals surface area (Å²) in [7, 11) is -6.72. The van der Waals surface area contributed by atoms with E-state index in [9.17, 15) is 16.8 Å². The van der Waals surface area contributed by atoms with Crippen LogP contribution in [0, 0.1) is 0 Å². The Balaban J connectivity index is 1.74. The van der Waals surface area contributed by atoms with Gasteiger partial charge in [-0.2, -0.15) is 4.31 Å². The average Bonchev–Trinajstić information content (AvgIpc) is 2.79. The number of morpholine rings is 1. The molecule has 2 aliphatic heterocycles. The number of hydrogen-bond acceptors (Lipinski definition) is 5. The van der Waals surface area contributed by atoms with E-state index in [1.807, 2.05) is 30.3 Å². The first-order valence-electron chi connectivity index (χ1n) is 7.23. The molecule has 0 saturated carbocycles. The smallest absolute Gasteiger partial charge is 0.214 e. The van der Waals surface area contributed by atoms with Crippen molar-refractivity contribution in [3.63, 3.8) is 0 Å². The number of ether oxygens (including phenoxy) is 1. The molecule has 0 spiro atoms. The Kier molecular flexibility index (Phi) is 4.28. The normalized spacial score (nSPS) is 28.4. The fraction of sp³-hybridized carbons (Fsp3) is 0.571. The number of rotatable bonds is 4. The minimum Gasteiger partial charge on any atom is -0.374 e. The van der Waals surface area contributed by atoms with Crippen molar-refractivity contribution in [3.05, 3.63) is 35.9 Å². The molecule has 22 heavy (non-hydrogen) atoms. The van der Waals surface area contributed by atoms with Crippen molar-refractivity contribution in [2.45, 2.75) is 18.6 Å². The van der Waals surface area contributed by atoms with Gasteiger partial charge in [0, 0.05) is 6.54 Å². The van der Waals surface area contributed by atoms with Crippen LogP contribution >= 0.6 is 0 Å². The maximum absolute atomic E-state index is 12.6. The fourth-order valence-corrected chi connectivity index (χ4v) is 6.71. The van der Waals surface area contributed by atoms with Gasteiger partial charge in [-0.05, 0) is 12.0 Å². The lowest BCUT2D eigenvalue weighted by molar-refractivity contribution is -0.0141. The highest BCUT2D eigenvalue weighted by atomic mass is 32.2. The Bertz CT molecular complexity index is 730. The fourth-order valence-electron chi connectivity index (χ4n) is 3.04. The molecule has 2 unspecified atom stereocenters. The molecule has 2 aliphatic rings. The second-order valence-electron chi connectivity index (χ2n) is 5.72. The third-order valence-electron chi connectivity index (χ3n) is 4.13. The van der Waals surface area contributed by atoms with E-state index >= 15 is 0 Å². The molecule has 2 heterocycles. The maximum Gasteiger partial charge on any atom is 0.214 e. The Morgan fingerprint density at radius 3 is 2.64 bits per heavy atom. The average molecular weight is 345 g/mol. The second kappa shape index (κ2) is 5.92. The first kappa shape index (κ1) is 15.9. The predicted molar refractivity (Wildman–Crippen MR) is 82.8 cm³/mol. The van der Waals surface area contributed by atoms with Crippen molar-refractivity contribution in [1.29, 1.82) is 0 Å². The maximum atomic E-state index is 12.6. The molecule has 3 rings (SSSR count). The SMILES string of the molecule is O=S1(=O)CC2OCCN(S(=O)(=O)CCc3ccccc3)C2C1. The van der Waals surface area contributed by atoms with Crippen LogP contribution in [0.5, 0.6) is 0 Å². The summed E-state index contributed by atoms with van der Waals surface area (Å²) >= 11 is 0. The van der Waals surface area contributed by atoms with Crippen LogP contribution in [-0.4, -0.2) is 63.7 Å². The Morgan fingerprint density at radius 2 is 1.91 bits per heavy atom. The third kappa shape index (κ3) is 3.34. The van der Waals surface area contributed by atoms with Gasteiger partial charge >= 0.3 is 0 Å². The Labute approximate surface area is 131 Å². The van der Waals surface area contributed by atoms with E-state index in [0.717, 1.165) is 5.56 Å². The third-order valence-corrected chi connectivity index (χ3v) is 7.71. The monoisotopic (exact) mass is 345 g/mol. The molecule has 0 amide bonds. The lowest BCUT2D eigenvalue weighted by Gasteiger charge is -2.35. The molecular formula is C14H19NO5S2. The van der Waals surface area contributed by atoms with Crippen LogP contribution in [-0.2, 0) is 31.0 Å². The molecule has 1 aromatic rings. The van der Waals surface area contributed by atoms with Crippen LogP contribution in [0.1, 0.15) is 5.56 Å². The summed E-state index contributed by atoms with van der Waals surface area (Å²) in [5.41, 5.74) is 0.954. The quantitative estimate of drug-likeness (QED) is 0.771. The first-order chi connectivity index (χ1) is 10.4. The molecule has 0 aromatic heterocycles. The van der Waals surface area contributed by atoms with E-state index < -0.39 is 32.0 Å². The number of nitrogens with zero attached hydrogens (tertiary/aromatic N) is 1. The Hall–Kier alpha value is -0.960. The standard InChI is InChI=1S/C14H19NO5S2/c16-21(17)10-13-14(11-21)20-8-7-15(13)22(18,19)9-6-12-4-2-1-3-5-12/h1-5,13-14H,6-11H2. The number of sulfone groups is 1. The van der Waals surface area contributed by atoms with E-state index in [2.05, 4.69) is 0 Å². The number of benzene rings is 1. The summed E-state index contributed by atoms with van der Waals surface area (Å²) in [6, 6.07) is 8.83. The molecule has 1 aromatic carbocycles. The molecule has 6 nitrogen and oxygen atoms in total. The van der Waals surface area contributed by atoms with E-state index in [1.165, 1.54) is 4.31 Å². The topological polar surface area (TPSA) is 80.8 Å². The van der Waals surface area contributed by atoms with E-state index in [1.54, 1.807) is 0 Å². The largest absolute Gasteiger partial charge is 0.374 e. The molecule has 2 atom stereocenters. The van der Waals surface area contributed by atoms with Gasteiger partial charge in [0.2, 0.25) is 10.0 Å². The van der Waals surface area contributed by atoms with Crippen molar-refractivity contribution >= 4 is 19.9 Å². The summed E-state index contributed by atoms with van der Waals surface area (Å²) < 4.78 is 55.5. The lowest BCUT2D eigenvalue weighted by atomic mass is 10.2. The van der Waals surface area contributed by atoms with Crippen LogP contribution in [0.2, 0.25) is 0 Å². The van der Waals surface area contributed by atoms with E-state index in [4.69, 9.17) is 4.74 Å². The van der Waals surface area contributed by atoms with Crippen molar-refractivity contribution in [3.8, 4) is 0 Å².